The Morgan fingerprint density at radius 3 is 2.94 bits per heavy atom. The molecule has 0 saturated carbocycles. The van der Waals surface area contributed by atoms with Crippen molar-refractivity contribution in [2.75, 3.05) is 26.2 Å². The first-order valence-electron chi connectivity index (χ1n) is 6.80. The highest BCUT2D eigenvalue weighted by molar-refractivity contribution is 5.91. The summed E-state index contributed by atoms with van der Waals surface area (Å²) in [5.74, 6) is 1.15. The van der Waals surface area contributed by atoms with Crippen molar-refractivity contribution in [2.45, 2.75) is 26.2 Å². The van der Waals surface area contributed by atoms with Crippen LogP contribution in [0.4, 0.5) is 0 Å². The standard InChI is InChI=1S/C14H22N2O2/c1-12-5-9-16(10-6-12)8-3-7-15-14(17)13-4-2-11-18-13/h2,4,11-12H,3,5-10H2,1H3,(H,15,17). The van der Waals surface area contributed by atoms with Gasteiger partial charge in [0.05, 0.1) is 6.26 Å². The lowest BCUT2D eigenvalue weighted by Gasteiger charge is -2.30. The topological polar surface area (TPSA) is 45.5 Å². The van der Waals surface area contributed by atoms with Crippen LogP contribution >= 0.6 is 0 Å². The van der Waals surface area contributed by atoms with Crippen molar-refractivity contribution in [3.8, 4) is 0 Å². The van der Waals surface area contributed by atoms with E-state index in [0.29, 0.717) is 12.3 Å². The monoisotopic (exact) mass is 250 g/mol. The number of carbonyl (C=O) groups is 1. The Morgan fingerprint density at radius 1 is 1.50 bits per heavy atom. The maximum atomic E-state index is 11.6. The number of nitrogens with one attached hydrogen (secondary N) is 1. The number of nitrogens with zero attached hydrogens (tertiary/aromatic N) is 1. The molecule has 4 heteroatoms. The first kappa shape index (κ1) is 13.1. The number of hydrogen-bond donors (Lipinski definition) is 1. The summed E-state index contributed by atoms with van der Waals surface area (Å²) in [5, 5.41) is 2.87. The molecule has 1 aliphatic rings. The van der Waals surface area contributed by atoms with Crippen LogP contribution in [0.3, 0.4) is 0 Å². The molecule has 2 heterocycles. The van der Waals surface area contributed by atoms with E-state index in [4.69, 9.17) is 4.42 Å². The number of amides is 1. The molecule has 18 heavy (non-hydrogen) atoms. The number of furan rings is 1. The first-order valence-corrected chi connectivity index (χ1v) is 6.80. The molecule has 100 valence electrons. The maximum absolute atomic E-state index is 11.6. The highest BCUT2D eigenvalue weighted by Crippen LogP contribution is 2.15. The number of likely N-dealkylation sites (tertiary alicyclic amines) is 1. The van der Waals surface area contributed by atoms with Gasteiger partial charge in [-0.15, -0.1) is 0 Å². The summed E-state index contributed by atoms with van der Waals surface area (Å²) in [7, 11) is 0. The van der Waals surface area contributed by atoms with Crippen molar-refractivity contribution in [3.63, 3.8) is 0 Å². The van der Waals surface area contributed by atoms with Crippen LogP contribution in [0.25, 0.3) is 0 Å². The Bertz CT molecular complexity index is 354. The van der Waals surface area contributed by atoms with E-state index in [2.05, 4.69) is 17.1 Å². The highest BCUT2D eigenvalue weighted by Gasteiger charge is 2.15. The van der Waals surface area contributed by atoms with Gasteiger partial charge in [0.2, 0.25) is 0 Å². The quantitative estimate of drug-likeness (QED) is 0.814. The van der Waals surface area contributed by atoms with Gasteiger partial charge in [-0.25, -0.2) is 0 Å². The largest absolute Gasteiger partial charge is 0.459 e. The molecule has 1 N–H and O–H groups in total. The van der Waals surface area contributed by atoms with Gasteiger partial charge in [-0.05, 0) is 56.9 Å². The molecule has 4 nitrogen and oxygen atoms in total. The molecule has 0 aliphatic carbocycles. The van der Waals surface area contributed by atoms with E-state index < -0.39 is 0 Å². The Morgan fingerprint density at radius 2 is 2.28 bits per heavy atom. The van der Waals surface area contributed by atoms with E-state index in [1.807, 2.05) is 0 Å². The van der Waals surface area contributed by atoms with Crippen molar-refractivity contribution in [1.82, 2.24) is 10.2 Å². The predicted octanol–water partition coefficient (Wildman–Crippen LogP) is 2.13. The zero-order chi connectivity index (χ0) is 12.8. The molecule has 0 spiro atoms. The molecule has 1 fully saturated rings. The molecule has 2 rings (SSSR count). The Hall–Kier alpha value is -1.29. The molecule has 1 aromatic rings. The molecular formula is C14H22N2O2. The van der Waals surface area contributed by atoms with Gasteiger partial charge in [0.1, 0.15) is 0 Å². The number of rotatable bonds is 5. The van der Waals surface area contributed by atoms with Crippen LogP contribution in [0.5, 0.6) is 0 Å². The third-order valence-electron chi connectivity index (χ3n) is 3.56. The lowest BCUT2D eigenvalue weighted by atomic mass is 9.99. The molecule has 0 aromatic carbocycles. The lowest BCUT2D eigenvalue weighted by molar-refractivity contribution is 0.0923. The fourth-order valence-corrected chi connectivity index (χ4v) is 2.29. The molecular weight excluding hydrogens is 228 g/mol. The Kier molecular flexibility index (Phi) is 4.81. The smallest absolute Gasteiger partial charge is 0.286 e. The van der Waals surface area contributed by atoms with E-state index in [1.165, 1.54) is 32.2 Å². The van der Waals surface area contributed by atoms with E-state index in [1.54, 1.807) is 12.1 Å². The minimum absolute atomic E-state index is 0.118. The summed E-state index contributed by atoms with van der Waals surface area (Å²) < 4.78 is 5.03. The SMILES string of the molecule is CC1CCN(CCCNC(=O)c2ccco2)CC1. The number of carbonyl (C=O) groups excluding carboxylic acids is 1. The highest BCUT2D eigenvalue weighted by atomic mass is 16.3. The van der Waals surface area contributed by atoms with Crippen molar-refractivity contribution >= 4 is 5.91 Å². The fourth-order valence-electron chi connectivity index (χ4n) is 2.29. The first-order chi connectivity index (χ1) is 8.75. The molecule has 0 bridgehead atoms. The van der Waals surface area contributed by atoms with Crippen molar-refractivity contribution in [3.05, 3.63) is 24.2 Å². The van der Waals surface area contributed by atoms with Gasteiger partial charge < -0.3 is 14.6 Å². The maximum Gasteiger partial charge on any atom is 0.286 e. The zero-order valence-electron chi connectivity index (χ0n) is 11.0. The molecule has 0 radical (unpaired) electrons. The van der Waals surface area contributed by atoms with Crippen LogP contribution in [0.1, 0.15) is 36.7 Å². The second-order valence-electron chi connectivity index (χ2n) is 5.11. The Balaban J connectivity index is 1.57. The van der Waals surface area contributed by atoms with E-state index in [-0.39, 0.29) is 5.91 Å². The Labute approximate surface area is 108 Å². The van der Waals surface area contributed by atoms with E-state index in [9.17, 15) is 4.79 Å². The van der Waals surface area contributed by atoms with Gasteiger partial charge in [-0.2, -0.15) is 0 Å². The van der Waals surface area contributed by atoms with Gasteiger partial charge in [-0.3, -0.25) is 4.79 Å². The third kappa shape index (κ3) is 3.88. The fraction of sp³-hybridized carbons (Fsp3) is 0.643. The van der Waals surface area contributed by atoms with Crippen LogP contribution < -0.4 is 5.32 Å². The predicted molar refractivity (Wildman–Crippen MR) is 70.5 cm³/mol. The second kappa shape index (κ2) is 6.59. The molecule has 0 unspecified atom stereocenters. The normalized spacial score (nSPS) is 17.8. The van der Waals surface area contributed by atoms with Gasteiger partial charge in [0.15, 0.2) is 5.76 Å². The second-order valence-corrected chi connectivity index (χ2v) is 5.11. The van der Waals surface area contributed by atoms with Crippen molar-refractivity contribution in [1.29, 1.82) is 0 Å². The average Bonchev–Trinajstić information content (AvgIpc) is 2.90. The average molecular weight is 250 g/mol. The van der Waals surface area contributed by atoms with Gasteiger partial charge in [0.25, 0.3) is 5.91 Å². The summed E-state index contributed by atoms with van der Waals surface area (Å²) in [4.78, 5) is 14.1. The summed E-state index contributed by atoms with van der Waals surface area (Å²) >= 11 is 0. The summed E-state index contributed by atoms with van der Waals surface area (Å²) in [6.07, 6.45) is 5.13. The van der Waals surface area contributed by atoms with Crippen LogP contribution in [0.2, 0.25) is 0 Å². The van der Waals surface area contributed by atoms with Crippen LogP contribution in [0.15, 0.2) is 22.8 Å². The van der Waals surface area contributed by atoms with Crippen LogP contribution in [-0.2, 0) is 0 Å². The number of piperidine rings is 1. The summed E-state index contributed by atoms with van der Waals surface area (Å²) in [6.45, 7) is 6.51. The molecule has 1 amide bonds. The number of hydrogen-bond acceptors (Lipinski definition) is 3. The minimum atomic E-state index is -0.118. The van der Waals surface area contributed by atoms with Gasteiger partial charge in [-0.1, -0.05) is 6.92 Å². The summed E-state index contributed by atoms with van der Waals surface area (Å²) in [6, 6.07) is 3.41. The molecule has 1 saturated heterocycles. The van der Waals surface area contributed by atoms with E-state index in [0.717, 1.165) is 18.9 Å². The van der Waals surface area contributed by atoms with Crippen LogP contribution in [-0.4, -0.2) is 37.0 Å². The molecule has 1 aliphatic heterocycles. The molecule has 0 atom stereocenters. The zero-order valence-corrected chi connectivity index (χ0v) is 11.0. The minimum Gasteiger partial charge on any atom is -0.459 e. The van der Waals surface area contributed by atoms with Crippen molar-refractivity contribution < 1.29 is 9.21 Å². The lowest BCUT2D eigenvalue weighted by Crippen LogP contribution is -2.35. The third-order valence-corrected chi connectivity index (χ3v) is 3.56. The molecule has 1 aromatic heterocycles. The van der Waals surface area contributed by atoms with Gasteiger partial charge in [0, 0.05) is 6.54 Å². The summed E-state index contributed by atoms with van der Waals surface area (Å²) in [5.41, 5.74) is 0. The van der Waals surface area contributed by atoms with Gasteiger partial charge >= 0.3 is 0 Å². The van der Waals surface area contributed by atoms with Crippen LogP contribution in [0, 0.1) is 5.92 Å². The van der Waals surface area contributed by atoms with E-state index >= 15 is 0 Å². The van der Waals surface area contributed by atoms with Crippen molar-refractivity contribution in [2.24, 2.45) is 5.92 Å².